The van der Waals surface area contributed by atoms with Gasteiger partial charge in [0.25, 0.3) is 0 Å². The number of imidazole rings is 1. The first-order valence-electron chi connectivity index (χ1n) is 3.51. The van der Waals surface area contributed by atoms with E-state index in [0.29, 0.717) is 22.8 Å². The van der Waals surface area contributed by atoms with Crippen LogP contribution in [0.2, 0.25) is 5.15 Å². The number of aldehydes is 1. The quantitative estimate of drug-likeness (QED) is 0.738. The van der Waals surface area contributed by atoms with Gasteiger partial charge in [-0.25, -0.2) is 4.98 Å². The van der Waals surface area contributed by atoms with E-state index in [1.807, 2.05) is 12.1 Å². The number of carbonyl (C=O) groups is 1. The Kier molecular flexibility index (Phi) is 2.09. The number of fused-ring (bicyclic) bond motifs is 1. The minimum atomic E-state index is 0.307. The van der Waals surface area contributed by atoms with E-state index in [1.54, 1.807) is 10.6 Å². The van der Waals surface area contributed by atoms with E-state index in [2.05, 4.69) is 20.9 Å². The van der Waals surface area contributed by atoms with E-state index in [-0.39, 0.29) is 0 Å². The van der Waals surface area contributed by atoms with Crippen LogP contribution < -0.4 is 0 Å². The monoisotopic (exact) mass is 258 g/mol. The van der Waals surface area contributed by atoms with Crippen LogP contribution in [0.5, 0.6) is 0 Å². The Hall–Kier alpha value is -0.870. The molecule has 2 heterocycles. The fraction of sp³-hybridized carbons (Fsp3) is 0. The lowest BCUT2D eigenvalue weighted by Gasteiger charge is -1.96. The Balaban J connectivity index is 2.95. The van der Waals surface area contributed by atoms with E-state index >= 15 is 0 Å². The molecule has 0 atom stereocenters. The molecule has 0 aliphatic heterocycles. The number of halogens is 2. The molecule has 2 rings (SSSR count). The van der Waals surface area contributed by atoms with Crippen LogP contribution in [-0.2, 0) is 0 Å². The lowest BCUT2D eigenvalue weighted by Crippen LogP contribution is -1.90. The van der Waals surface area contributed by atoms with Gasteiger partial charge in [-0.15, -0.1) is 0 Å². The third-order valence-corrected chi connectivity index (χ3v) is 2.61. The van der Waals surface area contributed by atoms with Crippen molar-refractivity contribution in [2.75, 3.05) is 0 Å². The number of aromatic nitrogens is 2. The summed E-state index contributed by atoms with van der Waals surface area (Å²) >= 11 is 9.17. The molecule has 0 saturated carbocycles. The maximum Gasteiger partial charge on any atom is 0.186 e. The largest absolute Gasteiger partial charge is 0.295 e. The zero-order valence-electron chi connectivity index (χ0n) is 6.37. The lowest BCUT2D eigenvalue weighted by atomic mass is 10.4. The maximum atomic E-state index is 10.6. The summed E-state index contributed by atoms with van der Waals surface area (Å²) < 4.78 is 2.46. The van der Waals surface area contributed by atoms with E-state index in [4.69, 9.17) is 11.6 Å². The number of pyridine rings is 1. The van der Waals surface area contributed by atoms with Gasteiger partial charge in [0.15, 0.2) is 17.3 Å². The van der Waals surface area contributed by atoms with Crippen LogP contribution in [0.15, 0.2) is 22.8 Å². The van der Waals surface area contributed by atoms with Crippen molar-refractivity contribution in [3.63, 3.8) is 0 Å². The fourth-order valence-electron chi connectivity index (χ4n) is 1.16. The number of hydrogen-bond acceptors (Lipinski definition) is 2. The molecule has 2 aromatic rings. The normalized spacial score (nSPS) is 10.6. The number of hydrogen-bond donors (Lipinski definition) is 0. The molecule has 13 heavy (non-hydrogen) atoms. The van der Waals surface area contributed by atoms with Crippen molar-refractivity contribution in [2.45, 2.75) is 0 Å². The molecule has 0 saturated heterocycles. The Morgan fingerprint density at radius 3 is 3.08 bits per heavy atom. The SMILES string of the molecule is O=Cc1nc(Cl)c2c(Br)cccn12. The smallest absolute Gasteiger partial charge is 0.186 e. The van der Waals surface area contributed by atoms with Crippen LogP contribution >= 0.6 is 27.5 Å². The molecule has 0 unspecified atom stereocenters. The summed E-state index contributed by atoms with van der Waals surface area (Å²) in [5, 5.41) is 0.328. The number of rotatable bonds is 1. The van der Waals surface area contributed by atoms with Gasteiger partial charge in [-0.3, -0.25) is 9.20 Å². The van der Waals surface area contributed by atoms with Gasteiger partial charge in [-0.2, -0.15) is 0 Å². The minimum Gasteiger partial charge on any atom is -0.295 e. The van der Waals surface area contributed by atoms with Crippen molar-refractivity contribution < 1.29 is 4.79 Å². The van der Waals surface area contributed by atoms with Crippen molar-refractivity contribution >= 4 is 39.3 Å². The van der Waals surface area contributed by atoms with Crippen LogP contribution in [0.4, 0.5) is 0 Å². The van der Waals surface area contributed by atoms with Crippen molar-refractivity contribution in [1.82, 2.24) is 9.38 Å². The van der Waals surface area contributed by atoms with Gasteiger partial charge in [-0.05, 0) is 28.1 Å². The fourth-order valence-corrected chi connectivity index (χ4v) is 2.09. The first-order chi connectivity index (χ1) is 6.24. The molecule has 3 nitrogen and oxygen atoms in total. The van der Waals surface area contributed by atoms with Gasteiger partial charge in [0, 0.05) is 10.7 Å². The molecule has 0 amide bonds. The predicted octanol–water partition coefficient (Wildman–Crippen LogP) is 2.56. The van der Waals surface area contributed by atoms with Gasteiger partial charge in [0.2, 0.25) is 0 Å². The van der Waals surface area contributed by atoms with E-state index in [9.17, 15) is 4.79 Å². The van der Waals surface area contributed by atoms with Gasteiger partial charge >= 0.3 is 0 Å². The van der Waals surface area contributed by atoms with Gasteiger partial charge < -0.3 is 0 Å². The average Bonchev–Trinajstić information content (AvgIpc) is 2.44. The molecule has 0 radical (unpaired) electrons. The van der Waals surface area contributed by atoms with Crippen molar-refractivity contribution in [2.24, 2.45) is 0 Å². The molecule has 66 valence electrons. The Morgan fingerprint density at radius 1 is 1.62 bits per heavy atom. The second-order valence-corrected chi connectivity index (χ2v) is 3.67. The molecule has 2 aromatic heterocycles. The summed E-state index contributed by atoms with van der Waals surface area (Å²) in [6, 6.07) is 3.65. The first kappa shape index (κ1) is 8.72. The molecule has 0 fully saturated rings. The second kappa shape index (κ2) is 3.12. The average molecular weight is 259 g/mol. The third-order valence-electron chi connectivity index (χ3n) is 1.71. The Labute approximate surface area is 87.5 Å². The van der Waals surface area contributed by atoms with Crippen molar-refractivity contribution in [3.05, 3.63) is 33.8 Å². The summed E-state index contributed by atoms with van der Waals surface area (Å²) in [5.74, 6) is 0.307. The maximum absolute atomic E-state index is 10.6. The topological polar surface area (TPSA) is 34.4 Å². The second-order valence-electron chi connectivity index (χ2n) is 2.45. The van der Waals surface area contributed by atoms with Gasteiger partial charge in [-0.1, -0.05) is 11.6 Å². The number of carbonyl (C=O) groups excluding carboxylic acids is 1. The minimum absolute atomic E-state index is 0.307. The van der Waals surface area contributed by atoms with Gasteiger partial charge in [0.05, 0.1) is 5.52 Å². The Bertz CT molecular complexity index is 480. The molecule has 0 aromatic carbocycles. The first-order valence-corrected chi connectivity index (χ1v) is 4.68. The zero-order chi connectivity index (χ0) is 9.42. The van der Waals surface area contributed by atoms with Crippen molar-refractivity contribution in [1.29, 1.82) is 0 Å². The van der Waals surface area contributed by atoms with E-state index in [1.165, 1.54) is 0 Å². The molecule has 0 spiro atoms. The summed E-state index contributed by atoms with van der Waals surface area (Å²) in [6.45, 7) is 0. The van der Waals surface area contributed by atoms with Crippen molar-refractivity contribution in [3.8, 4) is 0 Å². The highest BCUT2D eigenvalue weighted by Gasteiger charge is 2.10. The van der Waals surface area contributed by atoms with Crippen LogP contribution in [0.1, 0.15) is 10.6 Å². The molecule has 5 heteroatoms. The standard InChI is InChI=1S/C8H4BrClN2O/c9-5-2-1-3-12-6(4-13)11-8(10)7(5)12/h1-4H. The summed E-state index contributed by atoms with van der Waals surface area (Å²) in [4.78, 5) is 14.5. The predicted molar refractivity (Wildman–Crippen MR) is 53.3 cm³/mol. The van der Waals surface area contributed by atoms with Crippen LogP contribution in [0.3, 0.4) is 0 Å². The highest BCUT2D eigenvalue weighted by Crippen LogP contribution is 2.25. The highest BCUT2D eigenvalue weighted by molar-refractivity contribution is 9.10. The molecule has 0 bridgehead atoms. The molecule has 0 N–H and O–H groups in total. The summed E-state index contributed by atoms with van der Waals surface area (Å²) in [7, 11) is 0. The summed E-state index contributed by atoms with van der Waals surface area (Å²) in [5.41, 5.74) is 0.714. The molecular formula is C8H4BrClN2O. The molecule has 0 aliphatic rings. The lowest BCUT2D eigenvalue weighted by molar-refractivity contribution is 0.111. The van der Waals surface area contributed by atoms with E-state index < -0.39 is 0 Å². The molecular weight excluding hydrogens is 255 g/mol. The third kappa shape index (κ3) is 1.26. The highest BCUT2D eigenvalue weighted by atomic mass is 79.9. The molecule has 0 aliphatic carbocycles. The number of nitrogens with zero attached hydrogens (tertiary/aromatic N) is 2. The Morgan fingerprint density at radius 2 is 2.38 bits per heavy atom. The summed E-state index contributed by atoms with van der Waals surface area (Å²) in [6.07, 6.45) is 2.41. The zero-order valence-corrected chi connectivity index (χ0v) is 8.71. The van der Waals surface area contributed by atoms with Crippen LogP contribution in [0, 0.1) is 0 Å². The van der Waals surface area contributed by atoms with Crippen LogP contribution in [-0.4, -0.2) is 15.7 Å². The van der Waals surface area contributed by atoms with E-state index in [0.717, 1.165) is 4.47 Å². The van der Waals surface area contributed by atoms with Gasteiger partial charge in [0.1, 0.15) is 0 Å². The van der Waals surface area contributed by atoms with Crippen LogP contribution in [0.25, 0.3) is 5.52 Å².